The van der Waals surface area contributed by atoms with Gasteiger partial charge in [-0.3, -0.25) is 0 Å². The number of benzene rings is 4. The highest BCUT2D eigenvalue weighted by Gasteiger charge is 2.61. The van der Waals surface area contributed by atoms with Crippen molar-refractivity contribution in [2.24, 2.45) is 5.92 Å². The number of hydroxylamine groups is 1. The predicted molar refractivity (Wildman–Crippen MR) is 143 cm³/mol. The lowest BCUT2D eigenvalue weighted by molar-refractivity contribution is -0.0203. The van der Waals surface area contributed by atoms with Crippen molar-refractivity contribution < 1.29 is 24.6 Å². The van der Waals surface area contributed by atoms with Crippen LogP contribution < -0.4 is 5.48 Å². The van der Waals surface area contributed by atoms with Crippen LogP contribution in [0.2, 0.25) is 0 Å². The second kappa shape index (κ2) is 11.5. The van der Waals surface area contributed by atoms with Crippen LogP contribution in [0.15, 0.2) is 115 Å². The van der Waals surface area contributed by atoms with Crippen molar-refractivity contribution in [1.82, 2.24) is 5.48 Å². The molecule has 0 bridgehead atoms. The summed E-state index contributed by atoms with van der Waals surface area (Å²) in [6, 6.07) is 34.5. The summed E-state index contributed by atoms with van der Waals surface area (Å²) < 4.78 is 0. The maximum atomic E-state index is 13.5. The first-order chi connectivity index (χ1) is 18.6. The molecule has 4 atom stereocenters. The monoisotopic (exact) mass is 507 g/mol. The third-order valence-electron chi connectivity index (χ3n) is 7.12. The normalized spacial score (nSPS) is 19.8. The third kappa shape index (κ3) is 5.43. The molecule has 1 aliphatic rings. The Balaban J connectivity index is 1.25. The van der Waals surface area contributed by atoms with Gasteiger partial charge in [-0.1, -0.05) is 91.0 Å². The van der Waals surface area contributed by atoms with E-state index < -0.39 is 24.7 Å². The van der Waals surface area contributed by atoms with E-state index in [1.807, 2.05) is 42.5 Å². The van der Waals surface area contributed by atoms with Crippen LogP contribution in [0.5, 0.6) is 0 Å². The molecule has 0 saturated heterocycles. The first kappa shape index (κ1) is 25.5. The molecule has 1 radical (unpaired) electrons. The van der Waals surface area contributed by atoms with Gasteiger partial charge in [0.15, 0.2) is 0 Å². The molecule has 0 unspecified atom stereocenters. The summed E-state index contributed by atoms with van der Waals surface area (Å²) in [6.07, 6.45) is -1.07. The zero-order valence-electron chi connectivity index (χ0n) is 20.7. The zero-order chi connectivity index (χ0) is 26.5. The summed E-state index contributed by atoms with van der Waals surface area (Å²) in [4.78, 5) is 31.3. The Labute approximate surface area is 221 Å². The van der Waals surface area contributed by atoms with E-state index in [1.165, 1.54) is 0 Å². The van der Waals surface area contributed by atoms with Crippen molar-refractivity contribution in [1.29, 1.82) is 0 Å². The second-order valence-corrected chi connectivity index (χ2v) is 9.49. The van der Waals surface area contributed by atoms with Gasteiger partial charge in [0, 0.05) is 11.8 Å². The van der Waals surface area contributed by atoms with Gasteiger partial charge >= 0.3 is 11.8 Å². The van der Waals surface area contributed by atoms with Gasteiger partial charge in [-0.25, -0.2) is 4.79 Å². The van der Waals surface area contributed by atoms with Gasteiger partial charge in [0.25, 0.3) is 0 Å². The number of ketones is 1. The molecule has 38 heavy (non-hydrogen) atoms. The minimum absolute atomic E-state index is 0.0390. The van der Waals surface area contributed by atoms with Crippen LogP contribution in [0, 0.1) is 5.92 Å². The molecule has 0 aromatic heterocycles. The lowest BCUT2D eigenvalue weighted by atomic mass is 10.0. The number of hydrogen-bond donors (Lipinski definition) is 3. The predicted octanol–water partition coefficient (Wildman–Crippen LogP) is 4.82. The Morgan fingerprint density at radius 1 is 0.763 bits per heavy atom. The highest BCUT2D eigenvalue weighted by Crippen LogP contribution is 2.61. The standard InChI is InChI=1S/C32H29NO5/c34-20-26(30(35)23-14-8-3-9-15-23)33-38-32(37)25-18-16-24(17-19-25)31(36)29-27(21-10-4-1-5-11-21)28(29)22-12-6-2-7-13-22/h1-19,26-30,33-35H,20H2/q+1/t26-,27-,28-,30-/m0/s1. The van der Waals surface area contributed by atoms with Gasteiger partial charge < -0.3 is 15.1 Å². The fraction of sp³-hybridized carbons (Fsp3) is 0.188. The first-order valence-corrected chi connectivity index (χ1v) is 12.6. The molecule has 4 aromatic rings. The molecule has 5 rings (SSSR count). The number of aliphatic hydroxyl groups is 2. The number of carbonyl (C=O) groups excluding carboxylic acids is 2. The van der Waals surface area contributed by atoms with E-state index in [0.717, 1.165) is 11.1 Å². The Bertz CT molecular complexity index is 1310. The quantitative estimate of drug-likeness (QED) is 0.162. The van der Waals surface area contributed by atoms with Crippen LogP contribution in [0.3, 0.4) is 0 Å². The Hall–Kier alpha value is -4.10. The Kier molecular flexibility index (Phi) is 7.75. The Morgan fingerprint density at radius 2 is 1.24 bits per heavy atom. The average molecular weight is 508 g/mol. The molecule has 191 valence electrons. The van der Waals surface area contributed by atoms with Crippen molar-refractivity contribution in [3.05, 3.63) is 143 Å². The van der Waals surface area contributed by atoms with E-state index in [-0.39, 0.29) is 29.1 Å². The number of carbonyl (C=O) groups is 2. The van der Waals surface area contributed by atoms with Crippen LogP contribution in [-0.2, 0) is 4.84 Å². The highest BCUT2D eigenvalue weighted by atomic mass is 16.7. The summed E-state index contributed by atoms with van der Waals surface area (Å²) in [6.45, 7) is -0.441. The van der Waals surface area contributed by atoms with Crippen molar-refractivity contribution in [2.75, 3.05) is 6.61 Å². The average Bonchev–Trinajstić information content (AvgIpc) is 3.74. The minimum atomic E-state index is -1.07. The molecule has 1 saturated carbocycles. The first-order valence-electron chi connectivity index (χ1n) is 12.6. The molecule has 0 amide bonds. The molecule has 0 spiro atoms. The topological polar surface area (TPSA) is 98.7 Å². The van der Waals surface area contributed by atoms with Gasteiger partial charge in [0.05, 0.1) is 29.9 Å². The number of hydrogen-bond acceptors (Lipinski definition) is 6. The van der Waals surface area contributed by atoms with Gasteiger partial charge in [0.1, 0.15) is 5.92 Å². The molecule has 0 aliphatic heterocycles. The van der Waals surface area contributed by atoms with E-state index >= 15 is 0 Å². The van der Waals surface area contributed by atoms with E-state index in [0.29, 0.717) is 11.1 Å². The second-order valence-electron chi connectivity index (χ2n) is 9.49. The SMILES string of the molecule is O=C(ON[C@@H](CO)[C@@H](O)c1ccccc1)c1ccc(C(=[O+])C2[C@@H](c3ccccc3)[C@@H]2c2ccccc2)cc1. The van der Waals surface area contributed by atoms with Crippen molar-refractivity contribution in [3.63, 3.8) is 0 Å². The molecule has 6 nitrogen and oxygen atoms in total. The van der Waals surface area contributed by atoms with Gasteiger partial charge in [0.2, 0.25) is 4.79 Å². The van der Waals surface area contributed by atoms with E-state index in [2.05, 4.69) is 29.7 Å². The molecule has 4 aromatic carbocycles. The third-order valence-corrected chi connectivity index (χ3v) is 7.12. The summed E-state index contributed by atoms with van der Waals surface area (Å²) in [7, 11) is 0. The molecular formula is C32H29NO5+. The molecule has 6 heteroatoms. The lowest BCUT2D eigenvalue weighted by Gasteiger charge is -2.21. The van der Waals surface area contributed by atoms with Crippen molar-refractivity contribution in [3.8, 4) is 0 Å². The minimum Gasteiger partial charge on any atom is -0.395 e. The molecule has 1 fully saturated rings. The number of Topliss-reactive ketones (excluding diaryl/α,β-unsaturated/α-hetero) is 1. The van der Waals surface area contributed by atoms with Crippen molar-refractivity contribution >= 4 is 11.8 Å². The number of rotatable bonds is 10. The van der Waals surface area contributed by atoms with Crippen LogP contribution in [0.25, 0.3) is 0 Å². The summed E-state index contributed by atoms with van der Waals surface area (Å²) in [5, 5.41) is 20.1. The van der Waals surface area contributed by atoms with E-state index in [1.54, 1.807) is 48.5 Å². The molecular weight excluding hydrogens is 478 g/mol. The zero-order valence-corrected chi connectivity index (χ0v) is 20.7. The fourth-order valence-corrected chi connectivity index (χ4v) is 5.05. The van der Waals surface area contributed by atoms with E-state index in [4.69, 9.17) is 4.84 Å². The maximum Gasteiger partial charge on any atom is 0.478 e. The number of nitrogens with one attached hydrogen (secondary N) is 1. The van der Waals surface area contributed by atoms with Crippen LogP contribution in [0.4, 0.5) is 0 Å². The summed E-state index contributed by atoms with van der Waals surface area (Å²) in [5.74, 6) is -0.614. The summed E-state index contributed by atoms with van der Waals surface area (Å²) >= 11 is 0. The molecule has 1 aliphatic carbocycles. The number of aliphatic hydroxyl groups excluding tert-OH is 2. The maximum absolute atomic E-state index is 13.5. The van der Waals surface area contributed by atoms with Crippen molar-refractivity contribution in [2.45, 2.75) is 24.0 Å². The van der Waals surface area contributed by atoms with Crippen LogP contribution >= 0.6 is 0 Å². The van der Waals surface area contributed by atoms with Crippen LogP contribution in [-0.4, -0.2) is 34.6 Å². The smallest absolute Gasteiger partial charge is 0.395 e. The van der Waals surface area contributed by atoms with E-state index in [9.17, 15) is 19.8 Å². The molecule has 0 heterocycles. The lowest BCUT2D eigenvalue weighted by Crippen LogP contribution is -2.39. The van der Waals surface area contributed by atoms with Crippen LogP contribution in [0.1, 0.15) is 55.3 Å². The van der Waals surface area contributed by atoms with Gasteiger partial charge in [-0.15, -0.1) is 5.48 Å². The van der Waals surface area contributed by atoms with Gasteiger partial charge in [-0.2, -0.15) is 0 Å². The fourth-order valence-electron chi connectivity index (χ4n) is 5.05. The molecule has 3 N–H and O–H groups in total. The summed E-state index contributed by atoms with van der Waals surface area (Å²) in [5.41, 5.74) is 6.11. The highest BCUT2D eigenvalue weighted by molar-refractivity contribution is 6.02. The largest absolute Gasteiger partial charge is 0.478 e. The Morgan fingerprint density at radius 3 is 1.74 bits per heavy atom. The van der Waals surface area contributed by atoms with Gasteiger partial charge in [-0.05, 0) is 41.0 Å².